The van der Waals surface area contributed by atoms with Gasteiger partial charge in [-0.25, -0.2) is 0 Å². The van der Waals surface area contributed by atoms with Crippen LogP contribution >= 0.6 is 11.8 Å². The third-order valence-corrected chi connectivity index (χ3v) is 6.16. The summed E-state index contributed by atoms with van der Waals surface area (Å²) in [5.41, 5.74) is 1.64. The summed E-state index contributed by atoms with van der Waals surface area (Å²) in [6, 6.07) is 7.22. The Balaban J connectivity index is 2.20. The van der Waals surface area contributed by atoms with Crippen molar-refractivity contribution in [3.05, 3.63) is 35.4 Å². The van der Waals surface area contributed by atoms with Gasteiger partial charge in [0.15, 0.2) is 0 Å². The summed E-state index contributed by atoms with van der Waals surface area (Å²) >= 11 is 1.71. The summed E-state index contributed by atoms with van der Waals surface area (Å²) < 4.78 is 0. The van der Waals surface area contributed by atoms with Crippen LogP contribution in [0.1, 0.15) is 50.0 Å². The molecule has 0 radical (unpaired) electrons. The van der Waals surface area contributed by atoms with Gasteiger partial charge in [0.05, 0.1) is 5.37 Å². The van der Waals surface area contributed by atoms with E-state index in [-0.39, 0.29) is 17.2 Å². The number of benzene rings is 1. The minimum atomic E-state index is -0.392. The molecular formula is C20H30N2O2S. The zero-order chi connectivity index (χ0) is 18.6. The Labute approximate surface area is 155 Å². The summed E-state index contributed by atoms with van der Waals surface area (Å²) in [5.74, 6) is 1.44. The van der Waals surface area contributed by atoms with Crippen molar-refractivity contribution in [2.45, 2.75) is 52.5 Å². The lowest BCUT2D eigenvalue weighted by atomic mass is 10.0. The zero-order valence-corrected chi connectivity index (χ0v) is 16.7. The quantitative estimate of drug-likeness (QED) is 0.839. The van der Waals surface area contributed by atoms with Crippen LogP contribution in [-0.4, -0.2) is 40.4 Å². The highest BCUT2D eigenvalue weighted by molar-refractivity contribution is 8.00. The molecule has 5 heteroatoms. The third-order valence-electron chi connectivity index (χ3n) is 4.54. The number of amides is 2. The monoisotopic (exact) mass is 362 g/mol. The molecule has 2 unspecified atom stereocenters. The molecule has 1 N–H and O–H groups in total. The van der Waals surface area contributed by atoms with Gasteiger partial charge in [0.1, 0.15) is 6.04 Å². The highest BCUT2D eigenvalue weighted by Crippen LogP contribution is 2.35. The van der Waals surface area contributed by atoms with E-state index >= 15 is 0 Å². The average Bonchev–Trinajstić information content (AvgIpc) is 2.99. The second-order valence-corrected chi connectivity index (χ2v) is 8.63. The van der Waals surface area contributed by atoms with Crippen LogP contribution in [-0.2, 0) is 4.79 Å². The SMILES string of the molecule is Cc1ccccc1C(=O)N1C(C(=O)NCCC(C)C)CSC1C(C)C. The van der Waals surface area contributed by atoms with E-state index in [0.29, 0.717) is 29.7 Å². The predicted octanol–water partition coefficient (Wildman–Crippen LogP) is 3.70. The number of rotatable bonds is 6. The molecule has 2 rings (SSSR count). The van der Waals surface area contributed by atoms with Crippen molar-refractivity contribution in [3.8, 4) is 0 Å². The van der Waals surface area contributed by atoms with Crippen molar-refractivity contribution in [2.24, 2.45) is 11.8 Å². The van der Waals surface area contributed by atoms with E-state index in [9.17, 15) is 9.59 Å². The smallest absolute Gasteiger partial charge is 0.255 e. The highest BCUT2D eigenvalue weighted by atomic mass is 32.2. The first-order chi connectivity index (χ1) is 11.8. The van der Waals surface area contributed by atoms with Gasteiger partial charge in [-0.05, 0) is 36.8 Å². The normalized spacial score (nSPS) is 20.4. The molecule has 1 saturated heterocycles. The Morgan fingerprint density at radius 2 is 1.92 bits per heavy atom. The highest BCUT2D eigenvalue weighted by Gasteiger charge is 2.43. The van der Waals surface area contributed by atoms with Crippen LogP contribution in [0.15, 0.2) is 24.3 Å². The Kier molecular flexibility index (Phi) is 6.94. The lowest BCUT2D eigenvalue weighted by molar-refractivity contribution is -0.125. The maximum absolute atomic E-state index is 13.2. The fourth-order valence-corrected chi connectivity index (χ4v) is 4.53. The lowest BCUT2D eigenvalue weighted by Gasteiger charge is -2.31. The molecule has 0 aromatic heterocycles. The van der Waals surface area contributed by atoms with E-state index in [1.807, 2.05) is 36.1 Å². The van der Waals surface area contributed by atoms with E-state index in [0.717, 1.165) is 12.0 Å². The minimum absolute atomic E-state index is 0.0294. The molecule has 1 fully saturated rings. The van der Waals surface area contributed by atoms with Gasteiger partial charge < -0.3 is 10.2 Å². The van der Waals surface area contributed by atoms with Crippen LogP contribution in [0.25, 0.3) is 0 Å². The van der Waals surface area contributed by atoms with Gasteiger partial charge >= 0.3 is 0 Å². The first-order valence-corrected chi connectivity index (χ1v) is 10.2. The van der Waals surface area contributed by atoms with Crippen molar-refractivity contribution in [2.75, 3.05) is 12.3 Å². The third kappa shape index (κ3) is 4.78. The fraction of sp³-hybridized carbons (Fsp3) is 0.600. The van der Waals surface area contributed by atoms with Crippen LogP contribution in [0, 0.1) is 18.8 Å². The molecule has 0 saturated carbocycles. The van der Waals surface area contributed by atoms with Crippen molar-refractivity contribution in [1.82, 2.24) is 10.2 Å². The summed E-state index contributed by atoms with van der Waals surface area (Å²) in [6.45, 7) is 11.1. The van der Waals surface area contributed by atoms with Gasteiger partial charge in [-0.1, -0.05) is 45.9 Å². The number of nitrogens with zero attached hydrogens (tertiary/aromatic N) is 1. The molecule has 0 aliphatic carbocycles. The van der Waals surface area contributed by atoms with Crippen LogP contribution in [0.4, 0.5) is 0 Å². The largest absolute Gasteiger partial charge is 0.354 e. The van der Waals surface area contributed by atoms with Crippen molar-refractivity contribution in [3.63, 3.8) is 0 Å². The van der Waals surface area contributed by atoms with Crippen molar-refractivity contribution < 1.29 is 9.59 Å². The Bertz CT molecular complexity index is 615. The molecule has 4 nitrogen and oxygen atoms in total. The predicted molar refractivity (Wildman–Crippen MR) is 105 cm³/mol. The Morgan fingerprint density at radius 3 is 2.52 bits per heavy atom. The number of nitrogens with one attached hydrogen (secondary N) is 1. The Hall–Kier alpha value is -1.49. The summed E-state index contributed by atoms with van der Waals surface area (Å²) in [6.07, 6.45) is 0.949. The molecule has 138 valence electrons. The van der Waals surface area contributed by atoms with E-state index in [4.69, 9.17) is 0 Å². The molecule has 2 atom stereocenters. The average molecular weight is 363 g/mol. The van der Waals surface area contributed by atoms with Crippen LogP contribution in [0.2, 0.25) is 0 Å². The molecule has 1 aliphatic rings. The molecule has 1 aromatic carbocycles. The van der Waals surface area contributed by atoms with Crippen molar-refractivity contribution in [1.29, 1.82) is 0 Å². The number of hydrogen-bond acceptors (Lipinski definition) is 3. The number of hydrogen-bond donors (Lipinski definition) is 1. The van der Waals surface area contributed by atoms with Gasteiger partial charge in [0.25, 0.3) is 5.91 Å². The lowest BCUT2D eigenvalue weighted by Crippen LogP contribution is -2.51. The van der Waals surface area contributed by atoms with Gasteiger partial charge in [-0.2, -0.15) is 0 Å². The van der Waals surface area contributed by atoms with Crippen LogP contribution in [0.5, 0.6) is 0 Å². The molecule has 0 spiro atoms. The second kappa shape index (κ2) is 8.75. The van der Waals surface area contributed by atoms with Gasteiger partial charge in [0, 0.05) is 17.9 Å². The number of aryl methyl sites for hydroxylation is 1. The minimum Gasteiger partial charge on any atom is -0.354 e. The zero-order valence-electron chi connectivity index (χ0n) is 15.9. The molecule has 0 bridgehead atoms. The molecule has 1 heterocycles. The maximum atomic E-state index is 13.2. The topological polar surface area (TPSA) is 49.4 Å². The van der Waals surface area contributed by atoms with E-state index in [2.05, 4.69) is 33.0 Å². The summed E-state index contributed by atoms with van der Waals surface area (Å²) in [5, 5.41) is 3.06. The first-order valence-electron chi connectivity index (χ1n) is 9.10. The van der Waals surface area contributed by atoms with Crippen LogP contribution in [0.3, 0.4) is 0 Å². The van der Waals surface area contributed by atoms with E-state index in [1.165, 1.54) is 0 Å². The van der Waals surface area contributed by atoms with Gasteiger partial charge in [-0.3, -0.25) is 9.59 Å². The van der Waals surface area contributed by atoms with Gasteiger partial charge in [0.2, 0.25) is 5.91 Å². The van der Waals surface area contributed by atoms with E-state index in [1.54, 1.807) is 11.8 Å². The number of carbonyl (C=O) groups is 2. The molecule has 1 aliphatic heterocycles. The maximum Gasteiger partial charge on any atom is 0.255 e. The molecule has 2 amide bonds. The number of carbonyl (C=O) groups excluding carboxylic acids is 2. The van der Waals surface area contributed by atoms with Gasteiger partial charge in [-0.15, -0.1) is 11.8 Å². The first kappa shape index (κ1) is 19.8. The second-order valence-electron chi connectivity index (χ2n) is 7.48. The molecule has 25 heavy (non-hydrogen) atoms. The molecular weight excluding hydrogens is 332 g/mol. The fourth-order valence-electron chi connectivity index (χ4n) is 3.05. The standard InChI is InChI=1S/C20H30N2O2S/c1-13(2)10-11-21-18(23)17-12-25-20(14(3)4)22(17)19(24)16-9-7-6-8-15(16)5/h6-9,13-14,17,20H,10-12H2,1-5H3,(H,21,23). The summed E-state index contributed by atoms with van der Waals surface area (Å²) in [4.78, 5) is 27.7. The van der Waals surface area contributed by atoms with E-state index < -0.39 is 6.04 Å². The molecule has 1 aromatic rings. The van der Waals surface area contributed by atoms with Crippen molar-refractivity contribution >= 4 is 23.6 Å². The Morgan fingerprint density at radius 1 is 1.24 bits per heavy atom. The summed E-state index contributed by atoms with van der Waals surface area (Å²) in [7, 11) is 0. The number of thioether (sulfide) groups is 1. The van der Waals surface area contributed by atoms with Crippen LogP contribution < -0.4 is 5.32 Å².